The van der Waals surface area contributed by atoms with Gasteiger partial charge < -0.3 is 26.2 Å². The van der Waals surface area contributed by atoms with Crippen molar-refractivity contribution in [1.82, 2.24) is 30.5 Å². The summed E-state index contributed by atoms with van der Waals surface area (Å²) in [5, 5.41) is 11.5. The summed E-state index contributed by atoms with van der Waals surface area (Å²) in [4.78, 5) is 68.9. The molecule has 5 amide bonds. The number of nitrogens with one attached hydrogen (secondary N) is 4. The lowest BCUT2D eigenvalue weighted by Gasteiger charge is -2.41. The molecule has 5 rings (SSSR count). The number of likely N-dealkylation sites (tertiary alicyclic amines) is 1. The lowest BCUT2D eigenvalue weighted by atomic mass is 9.83. The van der Waals surface area contributed by atoms with Crippen LogP contribution in [0.5, 0.6) is 0 Å². The van der Waals surface area contributed by atoms with E-state index in [1.54, 1.807) is 4.31 Å². The van der Waals surface area contributed by atoms with E-state index < -0.39 is 68.6 Å². The smallest absolute Gasteiger partial charge is 0.315 e. The SMILES string of the molecule is CC(C)(C)[C@H](NC(=O)NC1(CS(=O)(=O)N2CCCCC2)CCCCC1)C(=O)N1CCC[C@H]1C(=O)NC(CCC1CC1)C(=O)C(=O)NC1CC1. The van der Waals surface area contributed by atoms with Crippen molar-refractivity contribution in [3.63, 3.8) is 0 Å². The van der Waals surface area contributed by atoms with Crippen LogP contribution >= 0.6 is 0 Å². The molecular formula is C35H58N6O7S. The number of carbonyl (C=O) groups excluding carboxylic acids is 5. The van der Waals surface area contributed by atoms with Gasteiger partial charge in [0.1, 0.15) is 12.1 Å². The van der Waals surface area contributed by atoms with E-state index in [9.17, 15) is 32.4 Å². The second kappa shape index (κ2) is 15.7. The van der Waals surface area contributed by atoms with Crippen LogP contribution in [0.1, 0.15) is 124 Å². The van der Waals surface area contributed by atoms with Crippen LogP contribution in [-0.2, 0) is 29.2 Å². The first-order valence-electron chi connectivity index (χ1n) is 18.7. The minimum absolute atomic E-state index is 0.0188. The zero-order chi connectivity index (χ0) is 35.4. The maximum absolute atomic E-state index is 14.2. The van der Waals surface area contributed by atoms with Crippen molar-refractivity contribution in [1.29, 1.82) is 0 Å². The molecule has 14 heteroatoms. The average Bonchev–Trinajstić information content (AvgIpc) is 3.99. The van der Waals surface area contributed by atoms with Crippen molar-refractivity contribution in [2.75, 3.05) is 25.4 Å². The Kier molecular flexibility index (Phi) is 12.0. The van der Waals surface area contributed by atoms with E-state index in [-0.39, 0.29) is 11.8 Å². The minimum atomic E-state index is -3.60. The van der Waals surface area contributed by atoms with Crippen molar-refractivity contribution in [3.8, 4) is 0 Å². The van der Waals surface area contributed by atoms with Gasteiger partial charge in [-0.1, -0.05) is 59.3 Å². The van der Waals surface area contributed by atoms with Gasteiger partial charge in [0.15, 0.2) is 0 Å². The quantitative estimate of drug-likeness (QED) is 0.201. The fourth-order valence-electron chi connectivity index (χ4n) is 7.63. The monoisotopic (exact) mass is 706 g/mol. The number of carbonyl (C=O) groups is 5. The number of ketones is 1. The van der Waals surface area contributed by atoms with Gasteiger partial charge in [0.05, 0.1) is 17.3 Å². The Morgan fingerprint density at radius 3 is 2.08 bits per heavy atom. The second-order valence-corrected chi connectivity index (χ2v) is 18.3. The summed E-state index contributed by atoms with van der Waals surface area (Å²) in [7, 11) is -3.60. The highest BCUT2D eigenvalue weighted by Crippen LogP contribution is 2.34. The van der Waals surface area contributed by atoms with E-state index in [4.69, 9.17) is 0 Å². The summed E-state index contributed by atoms with van der Waals surface area (Å²) >= 11 is 0. The molecule has 0 aromatic carbocycles. The topological polar surface area (TPSA) is 174 Å². The van der Waals surface area contributed by atoms with Gasteiger partial charge in [-0.2, -0.15) is 0 Å². The highest BCUT2D eigenvalue weighted by Gasteiger charge is 2.45. The van der Waals surface area contributed by atoms with Gasteiger partial charge in [-0.15, -0.1) is 0 Å². The Morgan fingerprint density at radius 2 is 1.47 bits per heavy atom. The third-order valence-electron chi connectivity index (χ3n) is 10.9. The number of urea groups is 1. The molecule has 4 N–H and O–H groups in total. The predicted octanol–water partition coefficient (Wildman–Crippen LogP) is 2.73. The van der Waals surface area contributed by atoms with Crippen LogP contribution in [0, 0.1) is 11.3 Å². The van der Waals surface area contributed by atoms with Crippen molar-refractivity contribution in [2.45, 2.75) is 153 Å². The number of hydrogen-bond acceptors (Lipinski definition) is 7. The number of piperidine rings is 1. The van der Waals surface area contributed by atoms with Crippen LogP contribution in [-0.4, -0.2) is 102 Å². The van der Waals surface area contributed by atoms with E-state index in [0.29, 0.717) is 57.7 Å². The summed E-state index contributed by atoms with van der Waals surface area (Å²) in [6, 6.07) is -3.39. The van der Waals surface area contributed by atoms with Gasteiger partial charge in [-0.05, 0) is 75.5 Å². The van der Waals surface area contributed by atoms with Gasteiger partial charge in [-0.3, -0.25) is 19.2 Å². The summed E-state index contributed by atoms with van der Waals surface area (Å²) in [6.07, 6.45) is 12.3. The fraction of sp³-hybridized carbons (Fsp3) is 0.857. The Balaban J connectivity index is 1.25. The maximum Gasteiger partial charge on any atom is 0.315 e. The molecule has 2 saturated heterocycles. The molecule has 49 heavy (non-hydrogen) atoms. The van der Waals surface area contributed by atoms with Crippen LogP contribution in [0.2, 0.25) is 0 Å². The number of rotatable bonds is 14. The zero-order valence-corrected chi connectivity index (χ0v) is 30.5. The van der Waals surface area contributed by atoms with Crippen LogP contribution in [0.4, 0.5) is 4.79 Å². The number of sulfonamides is 1. The number of nitrogens with zero attached hydrogens (tertiary/aromatic N) is 2. The average molecular weight is 707 g/mol. The van der Waals surface area contributed by atoms with E-state index in [1.165, 1.54) is 4.90 Å². The molecule has 0 spiro atoms. The molecule has 5 aliphatic rings. The van der Waals surface area contributed by atoms with Gasteiger partial charge in [-0.25, -0.2) is 17.5 Å². The van der Waals surface area contributed by atoms with E-state index in [1.807, 2.05) is 20.8 Å². The van der Waals surface area contributed by atoms with Crippen molar-refractivity contribution >= 4 is 39.6 Å². The van der Waals surface area contributed by atoms with E-state index >= 15 is 0 Å². The fourth-order valence-corrected chi connectivity index (χ4v) is 9.69. The van der Waals surface area contributed by atoms with Crippen LogP contribution in [0.3, 0.4) is 0 Å². The first-order valence-corrected chi connectivity index (χ1v) is 20.3. The molecule has 3 aliphatic carbocycles. The first-order chi connectivity index (χ1) is 23.2. The Hall–Kier alpha value is -2.74. The van der Waals surface area contributed by atoms with Crippen LogP contribution in [0.25, 0.3) is 0 Å². The lowest BCUT2D eigenvalue weighted by Crippen LogP contribution is -2.63. The van der Waals surface area contributed by atoms with Gasteiger partial charge >= 0.3 is 6.03 Å². The third kappa shape index (κ3) is 10.2. The molecular weight excluding hydrogens is 648 g/mol. The van der Waals surface area contributed by atoms with Crippen LogP contribution < -0.4 is 21.3 Å². The molecule has 2 aliphatic heterocycles. The number of hydrogen-bond donors (Lipinski definition) is 4. The van der Waals surface area contributed by atoms with Crippen molar-refractivity contribution in [2.24, 2.45) is 11.3 Å². The highest BCUT2D eigenvalue weighted by atomic mass is 32.2. The standard InChI is InChI=1S/C35H58N6O7S/c1-34(2,3)29(38-33(46)39-35(18-6-4-7-19-35)23-49(47,48)40-20-8-5-9-21-40)32(45)41-22-10-11-27(41)30(43)37-26(17-14-24-12-13-24)28(42)31(44)36-25-15-16-25/h24-27,29H,4-23H2,1-3H3,(H,36,44)(H,37,43)(H2,38,39,46)/t26?,27-,29+/m0/s1. The summed E-state index contributed by atoms with van der Waals surface area (Å²) in [5.74, 6) is -1.88. The Labute approximate surface area is 291 Å². The Bertz CT molecular complexity index is 1340. The molecule has 276 valence electrons. The van der Waals surface area contributed by atoms with Crippen molar-refractivity contribution < 1.29 is 32.4 Å². The molecule has 0 radical (unpaired) electrons. The van der Waals surface area contributed by atoms with Crippen molar-refractivity contribution in [3.05, 3.63) is 0 Å². The zero-order valence-electron chi connectivity index (χ0n) is 29.7. The minimum Gasteiger partial charge on any atom is -0.347 e. The summed E-state index contributed by atoms with van der Waals surface area (Å²) in [6.45, 7) is 6.82. The molecule has 3 atom stereocenters. The highest BCUT2D eigenvalue weighted by molar-refractivity contribution is 7.89. The Morgan fingerprint density at radius 1 is 0.816 bits per heavy atom. The third-order valence-corrected chi connectivity index (χ3v) is 13.0. The summed E-state index contributed by atoms with van der Waals surface area (Å²) < 4.78 is 28.5. The molecule has 0 aromatic rings. The maximum atomic E-state index is 14.2. The first kappa shape index (κ1) is 37.5. The van der Waals surface area contributed by atoms with Crippen LogP contribution in [0.15, 0.2) is 0 Å². The molecule has 5 fully saturated rings. The predicted molar refractivity (Wildman–Crippen MR) is 185 cm³/mol. The van der Waals surface area contributed by atoms with Gasteiger partial charge in [0, 0.05) is 25.7 Å². The number of amides is 5. The van der Waals surface area contributed by atoms with Gasteiger partial charge in [0.2, 0.25) is 27.6 Å². The van der Waals surface area contributed by atoms with E-state index in [2.05, 4.69) is 21.3 Å². The number of Topliss-reactive ketones (excluding diaryl/α,β-unsaturated/α-hetero) is 1. The largest absolute Gasteiger partial charge is 0.347 e. The second-order valence-electron chi connectivity index (χ2n) is 16.3. The molecule has 3 saturated carbocycles. The van der Waals surface area contributed by atoms with E-state index in [0.717, 1.165) is 70.6 Å². The normalized spacial score (nSPS) is 24.4. The summed E-state index contributed by atoms with van der Waals surface area (Å²) in [5.41, 5.74) is -1.67. The molecule has 13 nitrogen and oxygen atoms in total. The van der Waals surface area contributed by atoms with Gasteiger partial charge in [0.25, 0.3) is 5.91 Å². The molecule has 1 unspecified atom stereocenters. The molecule has 2 heterocycles. The lowest BCUT2D eigenvalue weighted by molar-refractivity contribution is -0.143. The molecule has 0 aromatic heterocycles. The molecule has 0 bridgehead atoms.